The quantitative estimate of drug-likeness (QED) is 0.766. The number of fused-ring (bicyclic) bond motifs is 1. The van der Waals surface area contributed by atoms with Crippen LogP contribution < -0.4 is 9.64 Å². The van der Waals surface area contributed by atoms with Gasteiger partial charge in [0.05, 0.1) is 5.69 Å². The normalized spacial score (nSPS) is 17.9. The fraction of sp³-hybridized carbons (Fsp3) is 0.467. The standard InChI is InChI=1S/C15H19NO3/c1-3-5-8-16-12-9-11(10-17)6-7-14(12)19-13(4-2)15(16)18/h6-7,9-10,13H,3-5,8H2,1-2H3. The Bertz CT molecular complexity index is 484. The minimum atomic E-state index is -0.411. The number of ether oxygens (including phenoxy) is 1. The van der Waals surface area contributed by atoms with Crippen molar-refractivity contribution in [1.29, 1.82) is 0 Å². The molecular weight excluding hydrogens is 242 g/mol. The third-order valence-electron chi connectivity index (χ3n) is 3.33. The zero-order valence-electron chi connectivity index (χ0n) is 11.4. The van der Waals surface area contributed by atoms with Crippen molar-refractivity contribution in [3.05, 3.63) is 23.8 Å². The van der Waals surface area contributed by atoms with Gasteiger partial charge in [0.1, 0.15) is 12.0 Å². The van der Waals surface area contributed by atoms with E-state index >= 15 is 0 Å². The Morgan fingerprint density at radius 3 is 2.79 bits per heavy atom. The zero-order valence-corrected chi connectivity index (χ0v) is 11.4. The number of rotatable bonds is 5. The molecule has 1 unspecified atom stereocenters. The SMILES string of the molecule is CCCCN1C(=O)C(CC)Oc2ccc(C=O)cc21. The van der Waals surface area contributed by atoms with Crippen molar-refractivity contribution in [2.24, 2.45) is 0 Å². The van der Waals surface area contributed by atoms with Crippen LogP contribution >= 0.6 is 0 Å². The molecule has 1 heterocycles. The van der Waals surface area contributed by atoms with Crippen LogP contribution in [0.3, 0.4) is 0 Å². The topological polar surface area (TPSA) is 46.6 Å². The second-order valence-electron chi connectivity index (χ2n) is 4.70. The molecule has 0 aromatic heterocycles. The van der Waals surface area contributed by atoms with Crippen LogP contribution in [0.2, 0.25) is 0 Å². The van der Waals surface area contributed by atoms with Gasteiger partial charge in [-0.2, -0.15) is 0 Å². The van der Waals surface area contributed by atoms with E-state index in [0.717, 1.165) is 19.1 Å². The van der Waals surface area contributed by atoms with Crippen molar-refractivity contribution in [1.82, 2.24) is 0 Å². The van der Waals surface area contributed by atoms with Gasteiger partial charge in [0.15, 0.2) is 6.10 Å². The molecule has 1 aliphatic heterocycles. The summed E-state index contributed by atoms with van der Waals surface area (Å²) in [4.78, 5) is 25.0. The highest BCUT2D eigenvalue weighted by molar-refractivity contribution is 6.00. The fourth-order valence-corrected chi connectivity index (χ4v) is 2.22. The summed E-state index contributed by atoms with van der Waals surface area (Å²) in [5.41, 5.74) is 1.28. The highest BCUT2D eigenvalue weighted by Crippen LogP contribution is 2.35. The second-order valence-corrected chi connectivity index (χ2v) is 4.70. The van der Waals surface area contributed by atoms with E-state index in [4.69, 9.17) is 4.74 Å². The Balaban J connectivity index is 2.39. The Morgan fingerprint density at radius 2 is 2.16 bits per heavy atom. The van der Waals surface area contributed by atoms with Gasteiger partial charge < -0.3 is 9.64 Å². The molecule has 4 heteroatoms. The molecule has 0 saturated carbocycles. The Kier molecular flexibility index (Phi) is 4.20. The molecule has 4 nitrogen and oxygen atoms in total. The van der Waals surface area contributed by atoms with Crippen LogP contribution in [0, 0.1) is 0 Å². The van der Waals surface area contributed by atoms with Crippen molar-refractivity contribution in [3.8, 4) is 5.75 Å². The lowest BCUT2D eigenvalue weighted by atomic mass is 10.1. The predicted octanol–water partition coefficient (Wildman–Crippen LogP) is 2.80. The van der Waals surface area contributed by atoms with E-state index in [1.807, 2.05) is 6.92 Å². The van der Waals surface area contributed by atoms with Crippen LogP contribution in [0.15, 0.2) is 18.2 Å². The number of amides is 1. The molecule has 1 atom stereocenters. The molecule has 0 fully saturated rings. The molecule has 0 radical (unpaired) electrons. The van der Waals surface area contributed by atoms with Gasteiger partial charge in [0.2, 0.25) is 0 Å². The maximum atomic E-state index is 12.3. The summed E-state index contributed by atoms with van der Waals surface area (Å²) >= 11 is 0. The lowest BCUT2D eigenvalue weighted by Crippen LogP contribution is -2.46. The minimum Gasteiger partial charge on any atom is -0.478 e. The number of nitrogens with zero attached hydrogens (tertiary/aromatic N) is 1. The Hall–Kier alpha value is -1.84. The summed E-state index contributed by atoms with van der Waals surface area (Å²) in [6.07, 6.45) is 2.98. The molecule has 0 bridgehead atoms. The predicted molar refractivity (Wildman–Crippen MR) is 73.8 cm³/mol. The molecule has 2 rings (SSSR count). The Morgan fingerprint density at radius 1 is 1.37 bits per heavy atom. The lowest BCUT2D eigenvalue weighted by molar-refractivity contribution is -0.126. The first-order chi connectivity index (χ1) is 9.21. The smallest absolute Gasteiger partial charge is 0.268 e. The molecule has 1 aromatic carbocycles. The van der Waals surface area contributed by atoms with Gasteiger partial charge in [-0.3, -0.25) is 9.59 Å². The number of unbranched alkanes of at least 4 members (excludes halogenated alkanes) is 1. The summed E-state index contributed by atoms with van der Waals surface area (Å²) in [6, 6.07) is 5.21. The van der Waals surface area contributed by atoms with Crippen molar-refractivity contribution in [2.75, 3.05) is 11.4 Å². The monoisotopic (exact) mass is 261 g/mol. The number of hydrogen-bond acceptors (Lipinski definition) is 3. The van der Waals surface area contributed by atoms with Crippen molar-refractivity contribution < 1.29 is 14.3 Å². The molecule has 1 aromatic rings. The number of hydrogen-bond donors (Lipinski definition) is 0. The van der Waals surface area contributed by atoms with Gasteiger partial charge in [-0.15, -0.1) is 0 Å². The van der Waals surface area contributed by atoms with Gasteiger partial charge in [-0.05, 0) is 31.0 Å². The maximum Gasteiger partial charge on any atom is 0.268 e. The van der Waals surface area contributed by atoms with E-state index in [1.54, 1.807) is 23.1 Å². The summed E-state index contributed by atoms with van der Waals surface area (Å²) in [5.74, 6) is 0.680. The van der Waals surface area contributed by atoms with Gasteiger partial charge in [0, 0.05) is 12.1 Å². The molecule has 1 amide bonds. The van der Waals surface area contributed by atoms with Crippen LogP contribution in [0.5, 0.6) is 5.75 Å². The summed E-state index contributed by atoms with van der Waals surface area (Å²) in [6.45, 7) is 4.70. The first-order valence-electron chi connectivity index (χ1n) is 6.78. The molecule has 0 aliphatic carbocycles. The molecule has 0 spiro atoms. The fourth-order valence-electron chi connectivity index (χ4n) is 2.22. The molecule has 0 N–H and O–H groups in total. The van der Waals surface area contributed by atoms with E-state index in [-0.39, 0.29) is 5.91 Å². The molecule has 1 aliphatic rings. The van der Waals surface area contributed by atoms with Crippen molar-refractivity contribution in [3.63, 3.8) is 0 Å². The summed E-state index contributed by atoms with van der Waals surface area (Å²) in [5, 5.41) is 0. The van der Waals surface area contributed by atoms with E-state index in [9.17, 15) is 9.59 Å². The Labute approximate surface area is 113 Å². The largest absolute Gasteiger partial charge is 0.478 e. The van der Waals surface area contributed by atoms with Crippen LogP contribution in [0.4, 0.5) is 5.69 Å². The van der Waals surface area contributed by atoms with Gasteiger partial charge >= 0.3 is 0 Å². The van der Waals surface area contributed by atoms with Crippen LogP contribution in [0.25, 0.3) is 0 Å². The van der Waals surface area contributed by atoms with Crippen LogP contribution in [-0.4, -0.2) is 24.8 Å². The van der Waals surface area contributed by atoms with Crippen molar-refractivity contribution >= 4 is 17.9 Å². The second kappa shape index (κ2) is 5.87. The molecule has 19 heavy (non-hydrogen) atoms. The van der Waals surface area contributed by atoms with E-state index in [0.29, 0.717) is 30.0 Å². The third-order valence-corrected chi connectivity index (χ3v) is 3.33. The number of benzene rings is 1. The zero-order chi connectivity index (χ0) is 13.8. The highest BCUT2D eigenvalue weighted by Gasteiger charge is 2.32. The molecular formula is C15H19NO3. The van der Waals surface area contributed by atoms with Crippen molar-refractivity contribution in [2.45, 2.75) is 39.2 Å². The number of carbonyl (C=O) groups excluding carboxylic acids is 2. The van der Waals surface area contributed by atoms with E-state index in [1.165, 1.54) is 0 Å². The summed E-state index contributed by atoms with van der Waals surface area (Å²) in [7, 11) is 0. The van der Waals surface area contributed by atoms with E-state index in [2.05, 4.69) is 6.92 Å². The van der Waals surface area contributed by atoms with Gasteiger partial charge in [-0.1, -0.05) is 20.3 Å². The number of anilines is 1. The van der Waals surface area contributed by atoms with E-state index < -0.39 is 6.10 Å². The average molecular weight is 261 g/mol. The highest BCUT2D eigenvalue weighted by atomic mass is 16.5. The molecule has 0 saturated heterocycles. The average Bonchev–Trinajstić information content (AvgIpc) is 2.45. The first-order valence-corrected chi connectivity index (χ1v) is 6.78. The number of aldehydes is 1. The summed E-state index contributed by atoms with van der Waals surface area (Å²) < 4.78 is 5.70. The maximum absolute atomic E-state index is 12.3. The molecule has 102 valence electrons. The lowest BCUT2D eigenvalue weighted by Gasteiger charge is -2.34. The minimum absolute atomic E-state index is 0.00787. The van der Waals surface area contributed by atoms with Gasteiger partial charge in [0.25, 0.3) is 5.91 Å². The first kappa shape index (κ1) is 13.6. The van der Waals surface area contributed by atoms with Gasteiger partial charge in [-0.25, -0.2) is 0 Å². The third kappa shape index (κ3) is 2.62. The van der Waals surface area contributed by atoms with Crippen LogP contribution in [-0.2, 0) is 4.79 Å². The van der Waals surface area contributed by atoms with Crippen LogP contribution in [0.1, 0.15) is 43.5 Å². The number of carbonyl (C=O) groups is 2.